The molecule has 8 nitrogen and oxygen atoms in total. The Bertz CT molecular complexity index is 606. The summed E-state index contributed by atoms with van der Waals surface area (Å²) in [5.41, 5.74) is -0.981. The van der Waals surface area contributed by atoms with Crippen molar-refractivity contribution in [2.45, 2.75) is 19.2 Å². The molecule has 0 spiro atoms. The SMILES string of the molecule is OC1N=C(N2CCNCC2)N=CN1Cn1ccc(C(F)(F)F)n1. The van der Waals surface area contributed by atoms with E-state index < -0.39 is 18.2 Å². The third-order valence-corrected chi connectivity index (χ3v) is 3.49. The maximum atomic E-state index is 12.5. The van der Waals surface area contributed by atoms with Crippen LogP contribution in [0.25, 0.3) is 0 Å². The lowest BCUT2D eigenvalue weighted by Gasteiger charge is -2.32. The molecule has 0 amide bonds. The Labute approximate surface area is 129 Å². The van der Waals surface area contributed by atoms with Gasteiger partial charge in [-0.1, -0.05) is 0 Å². The highest BCUT2D eigenvalue weighted by Gasteiger charge is 2.33. The Morgan fingerprint density at radius 1 is 1.30 bits per heavy atom. The molecule has 0 saturated carbocycles. The smallest absolute Gasteiger partial charge is 0.355 e. The summed E-state index contributed by atoms with van der Waals surface area (Å²) in [5.74, 6) is 0.423. The highest BCUT2D eigenvalue weighted by Crippen LogP contribution is 2.27. The quantitative estimate of drug-likeness (QED) is 0.780. The van der Waals surface area contributed by atoms with Crippen molar-refractivity contribution in [1.82, 2.24) is 24.9 Å². The van der Waals surface area contributed by atoms with Crippen LogP contribution in [0.3, 0.4) is 0 Å². The van der Waals surface area contributed by atoms with E-state index >= 15 is 0 Å². The van der Waals surface area contributed by atoms with Crippen LogP contribution in [0, 0.1) is 0 Å². The highest BCUT2D eigenvalue weighted by atomic mass is 19.4. The highest BCUT2D eigenvalue weighted by molar-refractivity contribution is 5.89. The summed E-state index contributed by atoms with van der Waals surface area (Å²) < 4.78 is 38.6. The number of nitrogens with zero attached hydrogens (tertiary/aromatic N) is 6. The summed E-state index contributed by atoms with van der Waals surface area (Å²) in [6.45, 7) is 3.00. The first-order chi connectivity index (χ1) is 10.9. The van der Waals surface area contributed by atoms with Gasteiger partial charge in [0.05, 0.1) is 6.34 Å². The number of aliphatic hydroxyl groups excluding tert-OH is 1. The van der Waals surface area contributed by atoms with E-state index in [0.717, 1.165) is 36.9 Å². The van der Waals surface area contributed by atoms with Crippen LogP contribution in [0.15, 0.2) is 22.2 Å². The third-order valence-electron chi connectivity index (χ3n) is 3.49. The lowest BCUT2D eigenvalue weighted by atomic mass is 10.4. The van der Waals surface area contributed by atoms with Crippen LogP contribution in [0.1, 0.15) is 5.69 Å². The Hall–Kier alpha value is -2.14. The fourth-order valence-electron chi connectivity index (χ4n) is 2.29. The van der Waals surface area contributed by atoms with Gasteiger partial charge in [-0.15, -0.1) is 0 Å². The second kappa shape index (κ2) is 6.16. The van der Waals surface area contributed by atoms with Gasteiger partial charge in [0, 0.05) is 32.4 Å². The molecule has 2 N–H and O–H groups in total. The molecule has 1 saturated heterocycles. The average Bonchev–Trinajstić information content (AvgIpc) is 2.99. The summed E-state index contributed by atoms with van der Waals surface area (Å²) in [6, 6.07) is 0.878. The zero-order chi connectivity index (χ0) is 16.4. The summed E-state index contributed by atoms with van der Waals surface area (Å²) in [6.07, 6.45) is -3.15. The molecule has 1 fully saturated rings. The van der Waals surface area contributed by atoms with E-state index in [9.17, 15) is 18.3 Å². The molecule has 0 aromatic carbocycles. The van der Waals surface area contributed by atoms with Crippen LogP contribution < -0.4 is 5.32 Å². The van der Waals surface area contributed by atoms with E-state index in [-0.39, 0.29) is 6.67 Å². The van der Waals surface area contributed by atoms with Crippen LogP contribution in [0.2, 0.25) is 0 Å². The molecule has 0 aliphatic carbocycles. The van der Waals surface area contributed by atoms with Crippen LogP contribution in [-0.4, -0.2) is 69.5 Å². The molecule has 1 aromatic rings. The number of hydrogen-bond donors (Lipinski definition) is 2. The lowest BCUT2D eigenvalue weighted by molar-refractivity contribution is -0.141. The number of guanidine groups is 1. The van der Waals surface area contributed by atoms with Crippen molar-refractivity contribution in [2.24, 2.45) is 9.98 Å². The zero-order valence-electron chi connectivity index (χ0n) is 12.1. The Balaban J connectivity index is 1.63. The molecule has 1 unspecified atom stereocenters. The molecule has 2 aliphatic heterocycles. The monoisotopic (exact) mass is 331 g/mol. The van der Waals surface area contributed by atoms with Crippen molar-refractivity contribution in [3.63, 3.8) is 0 Å². The second-order valence-electron chi connectivity index (χ2n) is 5.15. The van der Waals surface area contributed by atoms with Gasteiger partial charge >= 0.3 is 6.18 Å². The van der Waals surface area contributed by atoms with E-state index in [0.29, 0.717) is 5.96 Å². The standard InChI is InChI=1S/C12H16F3N7O/c13-12(14,15)9-1-4-22(19-9)8-21-7-17-10(18-11(21)23)20-5-2-16-3-6-20/h1,4,7,11,16,23H,2-3,5-6,8H2. The van der Waals surface area contributed by atoms with Gasteiger partial charge in [0.2, 0.25) is 12.3 Å². The summed E-state index contributed by atoms with van der Waals surface area (Å²) in [4.78, 5) is 11.5. The van der Waals surface area contributed by atoms with Crippen LogP contribution in [0.5, 0.6) is 0 Å². The molecule has 0 bridgehead atoms. The van der Waals surface area contributed by atoms with E-state index in [2.05, 4.69) is 20.4 Å². The topological polar surface area (TPSA) is 81.3 Å². The molecule has 1 aromatic heterocycles. The normalized spacial score (nSPS) is 22.4. The number of piperazine rings is 1. The molecular formula is C12H16F3N7O. The molecule has 2 aliphatic rings. The molecule has 3 heterocycles. The first-order valence-electron chi connectivity index (χ1n) is 7.05. The van der Waals surface area contributed by atoms with Gasteiger partial charge in [-0.3, -0.25) is 9.58 Å². The first kappa shape index (κ1) is 15.7. The van der Waals surface area contributed by atoms with Crippen molar-refractivity contribution in [2.75, 3.05) is 26.2 Å². The van der Waals surface area contributed by atoms with Crippen molar-refractivity contribution < 1.29 is 18.3 Å². The molecule has 11 heteroatoms. The summed E-state index contributed by atoms with van der Waals surface area (Å²) in [5, 5.41) is 16.7. The maximum Gasteiger partial charge on any atom is 0.435 e. The number of aromatic nitrogens is 2. The van der Waals surface area contributed by atoms with Crippen LogP contribution in [-0.2, 0) is 12.8 Å². The van der Waals surface area contributed by atoms with Gasteiger partial charge in [-0.2, -0.15) is 23.3 Å². The fourth-order valence-corrected chi connectivity index (χ4v) is 2.29. The zero-order valence-corrected chi connectivity index (χ0v) is 12.1. The number of hydrogen-bond acceptors (Lipinski definition) is 7. The largest absolute Gasteiger partial charge is 0.435 e. The third kappa shape index (κ3) is 3.62. The number of alkyl halides is 3. The van der Waals surface area contributed by atoms with Gasteiger partial charge in [0.15, 0.2) is 5.69 Å². The molecule has 23 heavy (non-hydrogen) atoms. The molecule has 126 valence electrons. The van der Waals surface area contributed by atoms with Gasteiger partial charge in [0.25, 0.3) is 0 Å². The number of aliphatic imine (C=N–C) groups is 2. The minimum atomic E-state index is -4.49. The predicted molar refractivity (Wildman–Crippen MR) is 75.4 cm³/mol. The van der Waals surface area contributed by atoms with E-state index in [1.807, 2.05) is 4.90 Å². The first-order valence-corrected chi connectivity index (χ1v) is 7.05. The van der Waals surface area contributed by atoms with Crippen molar-refractivity contribution in [3.8, 4) is 0 Å². The minimum absolute atomic E-state index is 0.0842. The van der Waals surface area contributed by atoms with E-state index in [1.54, 1.807) is 0 Å². The van der Waals surface area contributed by atoms with E-state index in [4.69, 9.17) is 0 Å². The maximum absolute atomic E-state index is 12.5. The minimum Gasteiger partial charge on any atom is -0.355 e. The number of nitrogens with one attached hydrogen (secondary N) is 1. The Kier molecular flexibility index (Phi) is 4.22. The van der Waals surface area contributed by atoms with Crippen LogP contribution in [0.4, 0.5) is 13.2 Å². The molecule has 3 rings (SSSR count). The van der Waals surface area contributed by atoms with Gasteiger partial charge < -0.3 is 15.3 Å². The fraction of sp³-hybridized carbons (Fsp3) is 0.583. The molecule has 0 radical (unpaired) electrons. The Morgan fingerprint density at radius 3 is 2.65 bits per heavy atom. The van der Waals surface area contributed by atoms with Gasteiger partial charge in [-0.25, -0.2) is 4.99 Å². The van der Waals surface area contributed by atoms with Crippen LogP contribution >= 0.6 is 0 Å². The summed E-state index contributed by atoms with van der Waals surface area (Å²) in [7, 11) is 0. The second-order valence-corrected chi connectivity index (χ2v) is 5.15. The summed E-state index contributed by atoms with van der Waals surface area (Å²) >= 11 is 0. The van der Waals surface area contributed by atoms with Crippen molar-refractivity contribution in [1.29, 1.82) is 0 Å². The molecular weight excluding hydrogens is 315 g/mol. The van der Waals surface area contributed by atoms with Crippen molar-refractivity contribution in [3.05, 3.63) is 18.0 Å². The number of rotatable bonds is 2. The van der Waals surface area contributed by atoms with Gasteiger partial charge in [0.1, 0.15) is 6.67 Å². The predicted octanol–water partition coefficient (Wildman–Crippen LogP) is -0.260. The lowest BCUT2D eigenvalue weighted by Crippen LogP contribution is -2.48. The molecule has 1 atom stereocenters. The van der Waals surface area contributed by atoms with Crippen molar-refractivity contribution >= 4 is 12.3 Å². The average molecular weight is 331 g/mol. The number of aliphatic hydroxyl groups is 1. The van der Waals surface area contributed by atoms with E-state index in [1.165, 1.54) is 17.4 Å². The Morgan fingerprint density at radius 2 is 2.04 bits per heavy atom. The number of halogens is 3. The van der Waals surface area contributed by atoms with Gasteiger partial charge in [-0.05, 0) is 6.07 Å².